The van der Waals surface area contributed by atoms with Crippen molar-refractivity contribution in [1.29, 1.82) is 0 Å². The number of nitrogens with zero attached hydrogens (tertiary/aromatic N) is 1. The van der Waals surface area contributed by atoms with Gasteiger partial charge in [0.05, 0.1) is 4.90 Å². The van der Waals surface area contributed by atoms with E-state index in [0.717, 1.165) is 18.4 Å². The molecule has 1 heterocycles. The van der Waals surface area contributed by atoms with Gasteiger partial charge in [0, 0.05) is 24.7 Å². The standard InChI is InChI=1S/C21H25ClN2O4S/c1-16-10-12-24(13-11-16)29(26,27)20-8-6-19(7-9-20)28-15-21(25)23-14-17-2-4-18(22)5-3-17/h2-9,16H,10-15H2,1H3,(H,23,25). The molecule has 156 valence electrons. The number of carbonyl (C=O) groups is 1. The smallest absolute Gasteiger partial charge is 0.258 e. The van der Waals surface area contributed by atoms with E-state index in [0.29, 0.717) is 36.3 Å². The number of hydrogen-bond donors (Lipinski definition) is 1. The van der Waals surface area contributed by atoms with Gasteiger partial charge in [-0.3, -0.25) is 4.79 Å². The topological polar surface area (TPSA) is 75.7 Å². The fraction of sp³-hybridized carbons (Fsp3) is 0.381. The summed E-state index contributed by atoms with van der Waals surface area (Å²) in [5.74, 6) is 0.736. The van der Waals surface area contributed by atoms with Gasteiger partial charge in [-0.15, -0.1) is 0 Å². The Bertz CT molecular complexity index is 922. The molecule has 1 aliphatic rings. The van der Waals surface area contributed by atoms with E-state index in [-0.39, 0.29) is 17.4 Å². The van der Waals surface area contributed by atoms with Gasteiger partial charge in [-0.2, -0.15) is 4.31 Å². The molecule has 2 aromatic carbocycles. The SMILES string of the molecule is CC1CCN(S(=O)(=O)c2ccc(OCC(=O)NCc3ccc(Cl)cc3)cc2)CC1. The zero-order chi connectivity index (χ0) is 20.9. The predicted molar refractivity (Wildman–Crippen MR) is 112 cm³/mol. The lowest BCUT2D eigenvalue weighted by Crippen LogP contribution is -2.37. The van der Waals surface area contributed by atoms with E-state index in [1.807, 2.05) is 12.1 Å². The van der Waals surface area contributed by atoms with E-state index in [9.17, 15) is 13.2 Å². The second-order valence-electron chi connectivity index (χ2n) is 7.25. The second-order valence-corrected chi connectivity index (χ2v) is 9.62. The Labute approximate surface area is 176 Å². The first-order valence-electron chi connectivity index (χ1n) is 9.59. The maximum atomic E-state index is 12.7. The summed E-state index contributed by atoms with van der Waals surface area (Å²) in [4.78, 5) is 12.2. The molecule has 0 radical (unpaired) electrons. The normalized spacial score (nSPS) is 15.8. The highest BCUT2D eigenvalue weighted by Gasteiger charge is 2.27. The van der Waals surface area contributed by atoms with Gasteiger partial charge in [0.1, 0.15) is 5.75 Å². The molecule has 0 bridgehead atoms. The molecule has 6 nitrogen and oxygen atoms in total. The zero-order valence-corrected chi connectivity index (χ0v) is 17.9. The number of benzene rings is 2. The first-order valence-corrected chi connectivity index (χ1v) is 11.4. The van der Waals surface area contributed by atoms with Crippen LogP contribution in [0.1, 0.15) is 25.3 Å². The molecule has 0 unspecified atom stereocenters. The molecule has 1 amide bonds. The van der Waals surface area contributed by atoms with Crippen LogP contribution in [-0.2, 0) is 21.4 Å². The first-order chi connectivity index (χ1) is 13.8. The van der Waals surface area contributed by atoms with Crippen LogP contribution in [0, 0.1) is 5.92 Å². The quantitative estimate of drug-likeness (QED) is 0.721. The largest absolute Gasteiger partial charge is 0.484 e. The van der Waals surface area contributed by atoms with Crippen LogP contribution >= 0.6 is 11.6 Å². The average molecular weight is 437 g/mol. The van der Waals surface area contributed by atoms with E-state index in [2.05, 4.69) is 12.2 Å². The number of ether oxygens (including phenoxy) is 1. The van der Waals surface area contributed by atoms with E-state index >= 15 is 0 Å². The van der Waals surface area contributed by atoms with E-state index < -0.39 is 10.0 Å². The summed E-state index contributed by atoms with van der Waals surface area (Å²) in [7, 11) is -3.49. The highest BCUT2D eigenvalue weighted by atomic mass is 35.5. The number of amides is 1. The Hall–Kier alpha value is -2.09. The van der Waals surface area contributed by atoms with Crippen LogP contribution in [0.3, 0.4) is 0 Å². The molecular formula is C21H25ClN2O4S. The van der Waals surface area contributed by atoms with Crippen molar-refractivity contribution in [3.05, 3.63) is 59.1 Å². The fourth-order valence-electron chi connectivity index (χ4n) is 3.08. The van der Waals surface area contributed by atoms with Crippen molar-refractivity contribution in [2.75, 3.05) is 19.7 Å². The maximum Gasteiger partial charge on any atom is 0.258 e. The molecule has 29 heavy (non-hydrogen) atoms. The van der Waals surface area contributed by atoms with Crippen molar-refractivity contribution in [2.45, 2.75) is 31.2 Å². The highest BCUT2D eigenvalue weighted by molar-refractivity contribution is 7.89. The molecule has 1 fully saturated rings. The Morgan fingerprint density at radius 1 is 1.10 bits per heavy atom. The molecule has 8 heteroatoms. The fourth-order valence-corrected chi connectivity index (χ4v) is 4.68. The maximum absolute atomic E-state index is 12.7. The number of piperidine rings is 1. The van der Waals surface area contributed by atoms with Crippen LogP contribution in [-0.4, -0.2) is 38.3 Å². The minimum absolute atomic E-state index is 0.149. The lowest BCUT2D eigenvalue weighted by Gasteiger charge is -2.29. The molecule has 0 atom stereocenters. The van der Waals surface area contributed by atoms with Gasteiger partial charge >= 0.3 is 0 Å². The summed E-state index contributed by atoms with van der Waals surface area (Å²) in [6.07, 6.45) is 1.76. The van der Waals surface area contributed by atoms with Crippen molar-refractivity contribution in [1.82, 2.24) is 9.62 Å². The van der Waals surface area contributed by atoms with Gasteiger partial charge in [-0.25, -0.2) is 8.42 Å². The van der Waals surface area contributed by atoms with Crippen molar-refractivity contribution < 1.29 is 17.9 Å². The first kappa shape index (κ1) is 21.6. The van der Waals surface area contributed by atoms with Gasteiger partial charge in [0.25, 0.3) is 5.91 Å². The summed E-state index contributed by atoms with van der Waals surface area (Å²) in [5.41, 5.74) is 0.935. The number of halogens is 1. The third kappa shape index (κ3) is 5.95. The van der Waals surface area contributed by atoms with Gasteiger partial charge < -0.3 is 10.1 Å². The Balaban J connectivity index is 1.49. The lowest BCUT2D eigenvalue weighted by molar-refractivity contribution is -0.123. The highest BCUT2D eigenvalue weighted by Crippen LogP contribution is 2.24. The number of sulfonamides is 1. The summed E-state index contributed by atoms with van der Waals surface area (Å²) >= 11 is 5.83. The predicted octanol–water partition coefficient (Wildman–Crippen LogP) is 3.46. The number of hydrogen-bond acceptors (Lipinski definition) is 4. The molecule has 0 saturated carbocycles. The van der Waals surface area contributed by atoms with Crippen LogP contribution in [0.5, 0.6) is 5.75 Å². The van der Waals surface area contributed by atoms with E-state index in [1.54, 1.807) is 24.3 Å². The molecule has 2 aromatic rings. The van der Waals surface area contributed by atoms with Crippen LogP contribution in [0.15, 0.2) is 53.4 Å². The van der Waals surface area contributed by atoms with Crippen LogP contribution in [0.4, 0.5) is 0 Å². The zero-order valence-electron chi connectivity index (χ0n) is 16.3. The summed E-state index contributed by atoms with van der Waals surface area (Å²) < 4.78 is 32.4. The minimum Gasteiger partial charge on any atom is -0.484 e. The summed E-state index contributed by atoms with van der Waals surface area (Å²) in [5, 5.41) is 3.40. The second kappa shape index (κ2) is 9.61. The number of nitrogens with one attached hydrogen (secondary N) is 1. The van der Waals surface area contributed by atoms with E-state index in [4.69, 9.17) is 16.3 Å². The van der Waals surface area contributed by atoms with Crippen LogP contribution < -0.4 is 10.1 Å². The van der Waals surface area contributed by atoms with Crippen molar-refractivity contribution in [3.8, 4) is 5.75 Å². The average Bonchev–Trinajstić information content (AvgIpc) is 2.72. The molecule has 0 spiro atoms. The monoisotopic (exact) mass is 436 g/mol. The third-order valence-electron chi connectivity index (χ3n) is 4.98. The minimum atomic E-state index is -3.49. The van der Waals surface area contributed by atoms with Gasteiger partial charge in [0.15, 0.2) is 6.61 Å². The van der Waals surface area contributed by atoms with Crippen LogP contribution in [0.2, 0.25) is 5.02 Å². The Morgan fingerprint density at radius 3 is 2.34 bits per heavy atom. The van der Waals surface area contributed by atoms with Gasteiger partial charge in [0.2, 0.25) is 10.0 Å². The number of carbonyl (C=O) groups excluding carboxylic acids is 1. The molecule has 0 aromatic heterocycles. The van der Waals surface area contributed by atoms with Gasteiger partial charge in [-0.1, -0.05) is 30.7 Å². The van der Waals surface area contributed by atoms with Crippen molar-refractivity contribution >= 4 is 27.5 Å². The number of rotatable bonds is 7. The van der Waals surface area contributed by atoms with Crippen molar-refractivity contribution in [3.63, 3.8) is 0 Å². The molecular weight excluding hydrogens is 412 g/mol. The van der Waals surface area contributed by atoms with Gasteiger partial charge in [-0.05, 0) is 60.7 Å². The third-order valence-corrected chi connectivity index (χ3v) is 7.14. The molecule has 3 rings (SSSR count). The van der Waals surface area contributed by atoms with Crippen molar-refractivity contribution in [2.24, 2.45) is 5.92 Å². The lowest BCUT2D eigenvalue weighted by atomic mass is 10.0. The Morgan fingerprint density at radius 2 is 1.72 bits per heavy atom. The Kier molecular flexibility index (Phi) is 7.16. The molecule has 1 aliphatic heterocycles. The van der Waals surface area contributed by atoms with Crippen LogP contribution in [0.25, 0.3) is 0 Å². The summed E-state index contributed by atoms with van der Waals surface area (Å²) in [6.45, 7) is 3.47. The molecule has 1 saturated heterocycles. The summed E-state index contributed by atoms with van der Waals surface area (Å²) in [6, 6.07) is 13.4. The molecule has 0 aliphatic carbocycles. The molecule has 1 N–H and O–H groups in total. The van der Waals surface area contributed by atoms with E-state index in [1.165, 1.54) is 16.4 Å².